The van der Waals surface area contributed by atoms with Gasteiger partial charge in [-0.15, -0.1) is 0 Å². The molecule has 2 fully saturated rings. The van der Waals surface area contributed by atoms with Gasteiger partial charge in [-0.05, 0) is 51.4 Å². The highest BCUT2D eigenvalue weighted by Gasteiger charge is 2.43. The molecule has 0 aromatic rings. The second-order valence-corrected chi connectivity index (χ2v) is 8.24. The zero-order chi connectivity index (χ0) is 14.9. The van der Waals surface area contributed by atoms with Crippen molar-refractivity contribution in [1.29, 1.82) is 0 Å². The molecule has 2 rings (SSSR count). The van der Waals surface area contributed by atoms with Crippen LogP contribution in [0.15, 0.2) is 0 Å². The van der Waals surface area contributed by atoms with Gasteiger partial charge < -0.3 is 9.64 Å². The van der Waals surface area contributed by atoms with Crippen LogP contribution in [0.2, 0.25) is 0 Å². The third-order valence-electron chi connectivity index (χ3n) is 4.02. The van der Waals surface area contributed by atoms with Crippen LogP contribution in [0.1, 0.15) is 40.5 Å². The van der Waals surface area contributed by atoms with Gasteiger partial charge in [0.05, 0.1) is 0 Å². The number of carbonyl (C=O) groups is 2. The van der Waals surface area contributed by atoms with Gasteiger partial charge in [-0.25, -0.2) is 4.79 Å². The molecule has 5 heteroatoms. The number of fused-ring (bicyclic) bond motifs is 1. The normalized spacial score (nSPS) is 29.4. The summed E-state index contributed by atoms with van der Waals surface area (Å²) in [6.45, 7) is 8.97. The van der Waals surface area contributed by atoms with Crippen molar-refractivity contribution in [2.45, 2.75) is 46.1 Å². The number of ether oxygens (including phenoxy) is 1. The first kappa shape index (κ1) is 15.7. The van der Waals surface area contributed by atoms with Crippen molar-refractivity contribution in [2.75, 3.05) is 18.8 Å². The number of rotatable bonds is 2. The van der Waals surface area contributed by atoms with Gasteiger partial charge in [-0.3, -0.25) is 4.79 Å². The summed E-state index contributed by atoms with van der Waals surface area (Å²) >= 11 is 1.44. The van der Waals surface area contributed by atoms with E-state index in [-0.39, 0.29) is 11.2 Å². The van der Waals surface area contributed by atoms with E-state index < -0.39 is 5.60 Å². The summed E-state index contributed by atoms with van der Waals surface area (Å²) in [6, 6.07) is 0. The molecule has 0 radical (unpaired) electrons. The third-order valence-corrected chi connectivity index (χ3v) is 5.07. The molecule has 2 atom stereocenters. The molecule has 2 aliphatic rings. The predicted molar refractivity (Wildman–Crippen MR) is 80.7 cm³/mol. The lowest BCUT2D eigenvalue weighted by Gasteiger charge is -2.25. The number of hydrogen-bond donors (Lipinski definition) is 0. The Bertz CT molecular complexity index is 377. The van der Waals surface area contributed by atoms with E-state index >= 15 is 0 Å². The number of amides is 1. The average Bonchev–Trinajstić information content (AvgIpc) is 2.80. The number of carbonyl (C=O) groups excluding carboxylic acids is 2. The SMILES string of the molecule is CC(=O)SCC1CC2CN(C(=O)OC(C)(C)C)CC2C1. The number of thioether (sulfide) groups is 1. The second kappa shape index (κ2) is 5.96. The molecule has 1 aliphatic heterocycles. The van der Waals surface area contributed by atoms with Crippen molar-refractivity contribution >= 4 is 23.0 Å². The fourth-order valence-corrected chi connectivity index (χ4v) is 4.01. The first-order valence-corrected chi connectivity index (χ1v) is 8.34. The Balaban J connectivity index is 1.79. The van der Waals surface area contributed by atoms with E-state index in [0.29, 0.717) is 17.8 Å². The van der Waals surface area contributed by atoms with Crippen LogP contribution in [-0.2, 0) is 9.53 Å². The van der Waals surface area contributed by atoms with Crippen molar-refractivity contribution in [2.24, 2.45) is 17.8 Å². The molecule has 1 aliphatic carbocycles. The smallest absolute Gasteiger partial charge is 0.410 e. The first-order valence-electron chi connectivity index (χ1n) is 7.36. The molecule has 0 bridgehead atoms. The van der Waals surface area contributed by atoms with Crippen molar-refractivity contribution in [3.63, 3.8) is 0 Å². The quantitative estimate of drug-likeness (QED) is 0.786. The average molecular weight is 299 g/mol. The summed E-state index contributed by atoms with van der Waals surface area (Å²) < 4.78 is 5.43. The van der Waals surface area contributed by atoms with Crippen LogP contribution in [0.3, 0.4) is 0 Å². The zero-order valence-corrected chi connectivity index (χ0v) is 13.7. The van der Waals surface area contributed by atoms with E-state index in [1.165, 1.54) is 11.8 Å². The molecule has 0 aromatic heterocycles. The minimum atomic E-state index is -0.421. The van der Waals surface area contributed by atoms with Gasteiger partial charge in [0.2, 0.25) is 0 Å². The molecule has 0 N–H and O–H groups in total. The highest BCUT2D eigenvalue weighted by molar-refractivity contribution is 8.13. The van der Waals surface area contributed by atoms with Crippen LogP contribution < -0.4 is 0 Å². The van der Waals surface area contributed by atoms with E-state index in [1.54, 1.807) is 6.92 Å². The maximum Gasteiger partial charge on any atom is 0.410 e. The van der Waals surface area contributed by atoms with E-state index in [9.17, 15) is 9.59 Å². The topological polar surface area (TPSA) is 46.6 Å². The van der Waals surface area contributed by atoms with E-state index in [4.69, 9.17) is 4.74 Å². The van der Waals surface area contributed by atoms with Crippen molar-refractivity contribution in [3.05, 3.63) is 0 Å². The number of likely N-dealkylation sites (tertiary alicyclic amines) is 1. The molecule has 2 unspecified atom stereocenters. The molecule has 0 spiro atoms. The lowest BCUT2D eigenvalue weighted by molar-refractivity contribution is -0.109. The van der Waals surface area contributed by atoms with Crippen molar-refractivity contribution in [3.8, 4) is 0 Å². The van der Waals surface area contributed by atoms with Gasteiger partial charge in [-0.2, -0.15) is 0 Å². The molecule has 0 aromatic carbocycles. The van der Waals surface area contributed by atoms with Crippen LogP contribution in [-0.4, -0.2) is 40.6 Å². The lowest BCUT2D eigenvalue weighted by atomic mass is 10.0. The highest BCUT2D eigenvalue weighted by Crippen LogP contribution is 2.42. The first-order chi connectivity index (χ1) is 9.24. The van der Waals surface area contributed by atoms with Crippen LogP contribution in [0.4, 0.5) is 4.79 Å². The Morgan fingerprint density at radius 1 is 1.20 bits per heavy atom. The number of nitrogens with zero attached hydrogens (tertiary/aromatic N) is 1. The van der Waals surface area contributed by atoms with Crippen LogP contribution in [0.5, 0.6) is 0 Å². The Morgan fingerprint density at radius 2 is 1.75 bits per heavy atom. The molecule has 114 valence electrons. The van der Waals surface area contributed by atoms with E-state index in [1.807, 2.05) is 25.7 Å². The largest absolute Gasteiger partial charge is 0.444 e. The Kier molecular flexibility index (Phi) is 4.67. The molecule has 4 nitrogen and oxygen atoms in total. The van der Waals surface area contributed by atoms with E-state index in [2.05, 4.69) is 0 Å². The molecule has 1 saturated heterocycles. The minimum Gasteiger partial charge on any atom is -0.444 e. The summed E-state index contributed by atoms with van der Waals surface area (Å²) in [4.78, 5) is 24.9. The Morgan fingerprint density at radius 3 is 2.20 bits per heavy atom. The van der Waals surface area contributed by atoms with Crippen LogP contribution in [0, 0.1) is 17.8 Å². The molecular formula is C15H25NO3S. The van der Waals surface area contributed by atoms with Gasteiger partial charge in [0.15, 0.2) is 5.12 Å². The number of hydrogen-bond acceptors (Lipinski definition) is 4. The van der Waals surface area contributed by atoms with Crippen molar-refractivity contribution < 1.29 is 14.3 Å². The van der Waals surface area contributed by atoms with Crippen LogP contribution in [0.25, 0.3) is 0 Å². The summed E-state index contributed by atoms with van der Waals surface area (Å²) in [5.74, 6) is 2.77. The summed E-state index contributed by atoms with van der Waals surface area (Å²) in [6.07, 6.45) is 2.11. The van der Waals surface area contributed by atoms with Gasteiger partial charge in [0.25, 0.3) is 0 Å². The highest BCUT2D eigenvalue weighted by atomic mass is 32.2. The molecular weight excluding hydrogens is 274 g/mol. The third kappa shape index (κ3) is 4.14. The van der Waals surface area contributed by atoms with Gasteiger partial charge in [-0.1, -0.05) is 11.8 Å². The summed E-state index contributed by atoms with van der Waals surface area (Å²) in [5.41, 5.74) is -0.421. The summed E-state index contributed by atoms with van der Waals surface area (Å²) in [5, 5.41) is 0.206. The standard InChI is InChI=1S/C15H25NO3S/c1-10(17)20-9-11-5-12-7-16(8-13(12)6-11)14(18)19-15(2,3)4/h11-13H,5-9H2,1-4H3. The van der Waals surface area contributed by atoms with Gasteiger partial charge >= 0.3 is 6.09 Å². The molecule has 1 amide bonds. The van der Waals surface area contributed by atoms with Crippen LogP contribution >= 0.6 is 11.8 Å². The Hall–Kier alpha value is -0.710. The molecule has 20 heavy (non-hydrogen) atoms. The monoisotopic (exact) mass is 299 g/mol. The fourth-order valence-electron chi connectivity index (χ4n) is 3.27. The maximum absolute atomic E-state index is 12.0. The minimum absolute atomic E-state index is 0.179. The maximum atomic E-state index is 12.0. The van der Waals surface area contributed by atoms with Gasteiger partial charge in [0, 0.05) is 25.8 Å². The predicted octanol–water partition coefficient (Wildman–Crippen LogP) is 3.16. The molecule has 1 heterocycles. The molecule has 1 saturated carbocycles. The van der Waals surface area contributed by atoms with Crippen molar-refractivity contribution in [1.82, 2.24) is 4.90 Å². The fraction of sp³-hybridized carbons (Fsp3) is 0.867. The summed E-state index contributed by atoms with van der Waals surface area (Å²) in [7, 11) is 0. The van der Waals surface area contributed by atoms with Gasteiger partial charge in [0.1, 0.15) is 5.60 Å². The Labute approximate surface area is 125 Å². The van der Waals surface area contributed by atoms with E-state index in [0.717, 1.165) is 31.7 Å². The lowest BCUT2D eigenvalue weighted by Crippen LogP contribution is -2.36. The zero-order valence-electron chi connectivity index (χ0n) is 12.8. The second-order valence-electron chi connectivity index (χ2n) is 7.05.